The van der Waals surface area contributed by atoms with Crippen LogP contribution >= 0.6 is 0 Å². The van der Waals surface area contributed by atoms with E-state index < -0.39 is 51.9 Å². The SMILES string of the molecule is CCOC(=O)C(N)C(=O)N1CCS(=O)(=O)CC1CC(=O)O. The van der Waals surface area contributed by atoms with Crippen LogP contribution in [0.3, 0.4) is 0 Å². The summed E-state index contributed by atoms with van der Waals surface area (Å²) in [4.78, 5) is 35.4. The zero-order chi connectivity index (χ0) is 16.2. The van der Waals surface area contributed by atoms with Crippen molar-refractivity contribution in [3.8, 4) is 0 Å². The summed E-state index contributed by atoms with van der Waals surface area (Å²) in [6, 6.07) is -2.61. The summed E-state index contributed by atoms with van der Waals surface area (Å²) in [7, 11) is -3.41. The van der Waals surface area contributed by atoms with E-state index in [1.165, 1.54) is 0 Å². The summed E-state index contributed by atoms with van der Waals surface area (Å²) in [5, 5.41) is 8.81. The van der Waals surface area contributed by atoms with Crippen molar-refractivity contribution in [1.82, 2.24) is 4.90 Å². The molecule has 3 N–H and O–H groups in total. The van der Waals surface area contributed by atoms with Crippen molar-refractivity contribution >= 4 is 27.7 Å². The average Bonchev–Trinajstić information content (AvgIpc) is 2.36. The number of amides is 1. The molecule has 21 heavy (non-hydrogen) atoms. The van der Waals surface area contributed by atoms with Crippen molar-refractivity contribution in [3.63, 3.8) is 0 Å². The van der Waals surface area contributed by atoms with Crippen LogP contribution in [0.15, 0.2) is 0 Å². The Kier molecular flexibility index (Phi) is 5.67. The highest BCUT2D eigenvalue weighted by Gasteiger charge is 2.39. The number of esters is 1. The summed E-state index contributed by atoms with van der Waals surface area (Å²) < 4.78 is 27.8. The number of sulfone groups is 1. The first kappa shape index (κ1) is 17.4. The Labute approximate surface area is 122 Å². The number of aliphatic carboxylic acids is 1. The molecule has 120 valence electrons. The minimum atomic E-state index is -3.41. The molecule has 2 unspecified atom stereocenters. The lowest BCUT2D eigenvalue weighted by molar-refractivity contribution is -0.151. The average molecular weight is 322 g/mol. The molecule has 0 spiro atoms. The van der Waals surface area contributed by atoms with Gasteiger partial charge in [0.25, 0.3) is 5.91 Å². The quantitative estimate of drug-likeness (QED) is 0.436. The third kappa shape index (κ3) is 4.67. The summed E-state index contributed by atoms with van der Waals surface area (Å²) in [5.74, 6) is -3.73. The molecule has 1 heterocycles. The lowest BCUT2D eigenvalue weighted by atomic mass is 10.1. The topological polar surface area (TPSA) is 144 Å². The lowest BCUT2D eigenvalue weighted by Gasteiger charge is -2.35. The molecule has 1 rings (SSSR count). The Bertz CT molecular complexity index is 531. The van der Waals surface area contributed by atoms with E-state index in [9.17, 15) is 22.8 Å². The molecule has 1 aliphatic heterocycles. The van der Waals surface area contributed by atoms with Crippen LogP contribution in [0.25, 0.3) is 0 Å². The Balaban J connectivity index is 2.89. The van der Waals surface area contributed by atoms with E-state index in [2.05, 4.69) is 4.74 Å². The summed E-state index contributed by atoms with van der Waals surface area (Å²) in [5.41, 5.74) is 5.48. The number of carbonyl (C=O) groups is 3. The molecule has 1 aliphatic rings. The molecule has 0 aliphatic carbocycles. The second-order valence-electron chi connectivity index (χ2n) is 4.63. The number of ether oxygens (including phenoxy) is 1. The molecule has 0 aromatic heterocycles. The van der Waals surface area contributed by atoms with Gasteiger partial charge in [-0.15, -0.1) is 0 Å². The van der Waals surface area contributed by atoms with E-state index in [0.29, 0.717) is 0 Å². The number of rotatable bonds is 5. The molecule has 1 amide bonds. The van der Waals surface area contributed by atoms with Crippen molar-refractivity contribution < 1.29 is 32.6 Å². The zero-order valence-corrected chi connectivity index (χ0v) is 12.3. The van der Waals surface area contributed by atoms with Crippen molar-refractivity contribution in [2.24, 2.45) is 5.73 Å². The van der Waals surface area contributed by atoms with Crippen LogP contribution in [0.1, 0.15) is 13.3 Å². The van der Waals surface area contributed by atoms with Crippen LogP contribution in [0, 0.1) is 0 Å². The Morgan fingerprint density at radius 3 is 2.57 bits per heavy atom. The second-order valence-corrected chi connectivity index (χ2v) is 6.86. The van der Waals surface area contributed by atoms with Crippen molar-refractivity contribution in [2.75, 3.05) is 24.7 Å². The Hall–Kier alpha value is -1.68. The smallest absolute Gasteiger partial charge is 0.332 e. The van der Waals surface area contributed by atoms with Gasteiger partial charge in [0.2, 0.25) is 0 Å². The van der Waals surface area contributed by atoms with Gasteiger partial charge in [-0.05, 0) is 6.92 Å². The Morgan fingerprint density at radius 1 is 1.43 bits per heavy atom. The summed E-state index contributed by atoms with van der Waals surface area (Å²) in [6.45, 7) is 1.41. The largest absolute Gasteiger partial charge is 0.481 e. The van der Waals surface area contributed by atoms with E-state index in [0.717, 1.165) is 4.90 Å². The second kappa shape index (κ2) is 6.85. The third-order valence-corrected chi connectivity index (χ3v) is 4.73. The van der Waals surface area contributed by atoms with Gasteiger partial charge in [0, 0.05) is 6.54 Å². The van der Waals surface area contributed by atoms with Gasteiger partial charge in [-0.2, -0.15) is 0 Å². The summed E-state index contributed by atoms with van der Waals surface area (Å²) in [6.07, 6.45) is -0.527. The number of hydrogen-bond donors (Lipinski definition) is 2. The minimum absolute atomic E-state index is 0.0484. The number of carboxylic acids is 1. The molecule has 0 bridgehead atoms. The van der Waals surface area contributed by atoms with Crippen LogP contribution in [-0.2, 0) is 29.0 Å². The van der Waals surface area contributed by atoms with Crippen molar-refractivity contribution in [2.45, 2.75) is 25.4 Å². The first-order valence-corrected chi connectivity index (χ1v) is 8.15. The van der Waals surface area contributed by atoms with E-state index in [1.54, 1.807) is 6.92 Å². The van der Waals surface area contributed by atoms with E-state index in [-0.39, 0.29) is 18.9 Å². The van der Waals surface area contributed by atoms with Crippen LogP contribution in [-0.4, -0.2) is 73.0 Å². The summed E-state index contributed by atoms with van der Waals surface area (Å²) >= 11 is 0. The highest BCUT2D eigenvalue weighted by atomic mass is 32.2. The van der Waals surface area contributed by atoms with Crippen molar-refractivity contribution in [1.29, 1.82) is 0 Å². The molecule has 9 nitrogen and oxygen atoms in total. The zero-order valence-electron chi connectivity index (χ0n) is 11.5. The standard InChI is InChI=1S/C11H18N2O7S/c1-2-20-11(17)9(12)10(16)13-3-4-21(18,19)6-7(13)5-8(14)15/h7,9H,2-6,12H2,1H3,(H,14,15). The highest BCUT2D eigenvalue weighted by molar-refractivity contribution is 7.91. The van der Waals surface area contributed by atoms with E-state index >= 15 is 0 Å². The molecular weight excluding hydrogens is 304 g/mol. The van der Waals surface area contributed by atoms with Crippen LogP contribution in [0.5, 0.6) is 0 Å². The van der Waals surface area contributed by atoms with E-state index in [4.69, 9.17) is 10.8 Å². The van der Waals surface area contributed by atoms with Gasteiger partial charge in [0.05, 0.1) is 30.6 Å². The maximum absolute atomic E-state index is 12.1. The minimum Gasteiger partial charge on any atom is -0.481 e. The lowest BCUT2D eigenvalue weighted by Crippen LogP contribution is -2.58. The van der Waals surface area contributed by atoms with Gasteiger partial charge in [0.15, 0.2) is 15.9 Å². The molecule has 0 aromatic rings. The normalized spacial score (nSPS) is 22.4. The van der Waals surface area contributed by atoms with Gasteiger partial charge >= 0.3 is 11.9 Å². The number of nitrogens with two attached hydrogens (primary N) is 1. The molecular formula is C11H18N2O7S. The maximum Gasteiger partial charge on any atom is 0.332 e. The van der Waals surface area contributed by atoms with Gasteiger partial charge in [-0.25, -0.2) is 13.2 Å². The fourth-order valence-corrected chi connectivity index (χ4v) is 3.58. The molecule has 0 radical (unpaired) electrons. The van der Waals surface area contributed by atoms with Gasteiger partial charge < -0.3 is 20.5 Å². The predicted octanol–water partition coefficient (Wildman–Crippen LogP) is -2.02. The molecule has 2 atom stereocenters. The first-order valence-electron chi connectivity index (χ1n) is 6.33. The van der Waals surface area contributed by atoms with Crippen molar-refractivity contribution in [3.05, 3.63) is 0 Å². The molecule has 0 aromatic carbocycles. The molecule has 10 heteroatoms. The first-order chi connectivity index (χ1) is 9.68. The van der Waals surface area contributed by atoms with Gasteiger partial charge in [-0.3, -0.25) is 9.59 Å². The van der Waals surface area contributed by atoms with Gasteiger partial charge in [0.1, 0.15) is 0 Å². The Morgan fingerprint density at radius 2 is 2.05 bits per heavy atom. The number of hydrogen-bond acceptors (Lipinski definition) is 7. The number of carboxylic acid groups (broad SMARTS) is 1. The van der Waals surface area contributed by atoms with E-state index in [1.807, 2.05) is 0 Å². The monoisotopic (exact) mass is 322 g/mol. The predicted molar refractivity (Wildman–Crippen MR) is 71.0 cm³/mol. The fourth-order valence-electron chi connectivity index (χ4n) is 2.06. The highest BCUT2D eigenvalue weighted by Crippen LogP contribution is 2.16. The third-order valence-electron chi connectivity index (χ3n) is 3.03. The van der Waals surface area contributed by atoms with Gasteiger partial charge in [-0.1, -0.05) is 0 Å². The van der Waals surface area contributed by atoms with Crippen LogP contribution in [0.4, 0.5) is 0 Å². The van der Waals surface area contributed by atoms with Crippen LogP contribution < -0.4 is 5.73 Å². The number of carbonyl (C=O) groups excluding carboxylic acids is 2. The molecule has 1 fully saturated rings. The molecule has 1 saturated heterocycles. The van der Waals surface area contributed by atoms with Crippen LogP contribution in [0.2, 0.25) is 0 Å². The fraction of sp³-hybridized carbons (Fsp3) is 0.727. The maximum atomic E-state index is 12.1. The molecule has 0 saturated carbocycles. The number of nitrogens with zero attached hydrogens (tertiary/aromatic N) is 1.